The van der Waals surface area contributed by atoms with E-state index in [1.54, 1.807) is 34.0 Å². The Labute approximate surface area is 400 Å². The van der Waals surface area contributed by atoms with Crippen molar-refractivity contribution in [2.24, 2.45) is 41.4 Å². The molecular weight excluding hydrogens is 855 g/mol. The summed E-state index contributed by atoms with van der Waals surface area (Å²) in [5.41, 5.74) is 2.41. The van der Waals surface area contributed by atoms with Gasteiger partial charge in [0.05, 0.1) is 18.3 Å². The number of fused-ring (bicyclic) bond motifs is 3. The predicted octanol–water partition coefficient (Wildman–Crippen LogP) is 7.75. The van der Waals surface area contributed by atoms with Crippen molar-refractivity contribution in [3.63, 3.8) is 0 Å². The van der Waals surface area contributed by atoms with Gasteiger partial charge in [-0.3, -0.25) is 19.2 Å². The second-order valence-electron chi connectivity index (χ2n) is 20.7. The second-order valence-corrected chi connectivity index (χ2v) is 20.7. The number of cyclic esters (lactones) is 1. The zero-order valence-electron chi connectivity index (χ0n) is 42.1. The minimum Gasteiger partial charge on any atom is -0.460 e. The molecule has 4 rings (SSSR count). The van der Waals surface area contributed by atoms with Crippen LogP contribution < -0.4 is 0 Å². The molecule has 0 spiro atoms. The summed E-state index contributed by atoms with van der Waals surface area (Å²) in [6.07, 6.45) is 12.9. The summed E-state index contributed by atoms with van der Waals surface area (Å²) in [6, 6.07) is -1.13. The number of piperidine rings is 1. The number of esters is 1. The molecule has 13 heteroatoms. The van der Waals surface area contributed by atoms with Crippen LogP contribution in [0.15, 0.2) is 59.8 Å². The number of ketones is 3. The van der Waals surface area contributed by atoms with E-state index in [1.807, 2.05) is 65.0 Å². The molecule has 2 unspecified atom stereocenters. The van der Waals surface area contributed by atoms with Gasteiger partial charge in [-0.05, 0) is 127 Å². The molecule has 1 saturated carbocycles. The van der Waals surface area contributed by atoms with Crippen LogP contribution in [0, 0.1) is 41.4 Å². The van der Waals surface area contributed by atoms with Gasteiger partial charge in [-0.2, -0.15) is 0 Å². The molecule has 0 aromatic rings. The number of Topliss-reactive ketones (excluding diaryl/α,β-unsaturated/α-hetero) is 3. The van der Waals surface area contributed by atoms with E-state index < -0.39 is 77.8 Å². The topological polar surface area (TPSA) is 186 Å². The molecule has 3 aliphatic heterocycles. The molecule has 3 N–H and O–H groups in total. The minimum atomic E-state index is -2.40. The molecule has 1 amide bonds. The number of aliphatic hydroxyl groups excluding tert-OH is 2. The molecule has 4 aliphatic rings. The van der Waals surface area contributed by atoms with Crippen molar-refractivity contribution in [3.05, 3.63) is 59.8 Å². The maximum Gasteiger partial charge on any atom is 0.329 e. The number of methoxy groups -OCH3 is 2. The zero-order chi connectivity index (χ0) is 49.7. The summed E-state index contributed by atoms with van der Waals surface area (Å²) in [4.78, 5) is 72.2. The fourth-order valence-corrected chi connectivity index (χ4v) is 10.6. The first-order chi connectivity index (χ1) is 31.6. The SMILES string of the molecule is C=C(C)CC1C[C@@H]2CC[C@@H](C)[C@@](O)(O2)C(=O)C(=O)N2CCCC[C@H]2C(=O)O[C@H]([C@H](C)C[C@@H]2CC[C@@H](O)[C@H](OC)C2)CC(=O)[C@H](C)/C=C(\C)[C@@H](O)C(OC)C(=O)[C@H](C)C[C@H](C)/C=C/C=C/C=C/1C. The number of hydrogen-bond donors (Lipinski definition) is 3. The predicted molar refractivity (Wildman–Crippen MR) is 257 cm³/mol. The lowest BCUT2D eigenvalue weighted by molar-refractivity contribution is -0.264. The number of nitrogens with zero attached hydrogens (tertiary/aromatic N) is 1. The van der Waals surface area contributed by atoms with Gasteiger partial charge in [0.2, 0.25) is 5.79 Å². The van der Waals surface area contributed by atoms with E-state index in [1.165, 1.54) is 12.0 Å². The smallest absolute Gasteiger partial charge is 0.329 e. The summed E-state index contributed by atoms with van der Waals surface area (Å²) >= 11 is 0. The van der Waals surface area contributed by atoms with Crippen LogP contribution in [0.5, 0.6) is 0 Å². The normalized spacial score (nSPS) is 39.5. The van der Waals surface area contributed by atoms with Gasteiger partial charge in [0.15, 0.2) is 5.78 Å². The molecule has 0 aromatic heterocycles. The van der Waals surface area contributed by atoms with Crippen LogP contribution in [0.25, 0.3) is 0 Å². The highest BCUT2D eigenvalue weighted by Gasteiger charge is 2.53. The van der Waals surface area contributed by atoms with Crippen molar-refractivity contribution >= 4 is 29.2 Å². The van der Waals surface area contributed by atoms with Crippen LogP contribution in [-0.4, -0.2) is 119 Å². The van der Waals surface area contributed by atoms with E-state index in [-0.39, 0.29) is 60.7 Å². The first-order valence-electron chi connectivity index (χ1n) is 24.9. The number of hydrogen-bond acceptors (Lipinski definition) is 12. The van der Waals surface area contributed by atoms with Gasteiger partial charge in [-0.15, -0.1) is 6.58 Å². The number of carbonyl (C=O) groups is 5. The Kier molecular flexibility index (Phi) is 21.6. The highest BCUT2D eigenvalue weighted by atomic mass is 16.6. The number of amides is 1. The number of rotatable bonds is 7. The van der Waals surface area contributed by atoms with Gasteiger partial charge in [0, 0.05) is 44.9 Å². The zero-order valence-corrected chi connectivity index (χ0v) is 42.1. The van der Waals surface area contributed by atoms with Gasteiger partial charge in [-0.1, -0.05) is 82.2 Å². The van der Waals surface area contributed by atoms with Crippen molar-refractivity contribution in [1.82, 2.24) is 4.90 Å². The lowest BCUT2D eigenvalue weighted by Crippen LogP contribution is -2.60. The highest BCUT2D eigenvalue weighted by Crippen LogP contribution is 2.39. The Hall–Kier alpha value is -3.59. The second kappa shape index (κ2) is 25.9. The van der Waals surface area contributed by atoms with Crippen molar-refractivity contribution in [2.75, 3.05) is 20.8 Å². The van der Waals surface area contributed by atoms with Crippen molar-refractivity contribution in [1.29, 1.82) is 0 Å². The van der Waals surface area contributed by atoms with E-state index in [0.717, 1.165) is 17.6 Å². The van der Waals surface area contributed by atoms with E-state index >= 15 is 0 Å². The summed E-state index contributed by atoms with van der Waals surface area (Å²) in [5.74, 6) is -7.86. The number of ether oxygens (including phenoxy) is 4. The van der Waals surface area contributed by atoms with Gasteiger partial charge in [-0.25, -0.2) is 4.79 Å². The fraction of sp³-hybridized carbons (Fsp3) is 0.722. The Balaban J connectivity index is 1.72. The monoisotopic (exact) mass is 938 g/mol. The molecule has 67 heavy (non-hydrogen) atoms. The Morgan fingerprint density at radius 1 is 0.910 bits per heavy atom. The maximum absolute atomic E-state index is 14.4. The molecule has 1 aliphatic carbocycles. The molecule has 2 bridgehead atoms. The maximum atomic E-state index is 14.4. The first kappa shape index (κ1) is 56.0. The Bertz CT molecular complexity index is 1850. The van der Waals surface area contributed by atoms with Crippen molar-refractivity contribution in [3.8, 4) is 0 Å². The van der Waals surface area contributed by atoms with Crippen LogP contribution >= 0.6 is 0 Å². The molecule has 13 nitrogen and oxygen atoms in total. The Morgan fingerprint density at radius 3 is 2.30 bits per heavy atom. The molecule has 0 radical (unpaired) electrons. The van der Waals surface area contributed by atoms with E-state index in [0.29, 0.717) is 69.8 Å². The standard InChI is InChI=1S/C54H83NO12/c1-32(2)25-41-30-42-22-20-39(9)54(63,67-42)51(60)52(61)55-24-16-15-19-43(55)53(62)66-46(36(6)28-40-21-23-44(56)47(29-40)64-10)31-45(57)35(5)27-38(8)49(59)50(65-11)48(58)37(7)26-33(3)17-13-12-14-18-34(41)4/h12-14,17-18,27,33,35-37,39-44,46-47,49-50,56,59,63H,1,15-16,19-26,28-31H2,2-11H3/b14-12+,17-13+,34-18+,38-27+/t33-,35-,36-,37-,39-,40+,41?,42+,43+,44-,46+,47-,49-,50?,54-/m1/s1. The van der Waals surface area contributed by atoms with E-state index in [2.05, 4.69) is 6.58 Å². The van der Waals surface area contributed by atoms with Crippen molar-refractivity contribution < 1.29 is 58.2 Å². The van der Waals surface area contributed by atoms with Crippen molar-refractivity contribution in [2.45, 2.75) is 187 Å². The van der Waals surface area contributed by atoms with Crippen LogP contribution in [0.2, 0.25) is 0 Å². The third kappa shape index (κ3) is 15.2. The molecule has 3 fully saturated rings. The number of aliphatic hydroxyl groups is 3. The fourth-order valence-electron chi connectivity index (χ4n) is 10.6. The van der Waals surface area contributed by atoms with Gasteiger partial charge in [0.25, 0.3) is 11.7 Å². The molecule has 15 atom stereocenters. The minimum absolute atomic E-state index is 0.0263. The average molecular weight is 938 g/mol. The van der Waals surface area contributed by atoms with E-state index in [4.69, 9.17) is 18.9 Å². The molecule has 0 aromatic carbocycles. The molecular formula is C54H83NO12. The first-order valence-corrected chi connectivity index (χ1v) is 24.9. The number of allylic oxidation sites excluding steroid dienone is 8. The lowest BCUT2D eigenvalue weighted by Gasteiger charge is -2.43. The highest BCUT2D eigenvalue weighted by molar-refractivity contribution is 6.39. The molecule has 376 valence electrons. The summed E-state index contributed by atoms with van der Waals surface area (Å²) in [6.45, 7) is 19.0. The molecule has 3 heterocycles. The lowest BCUT2D eigenvalue weighted by atomic mass is 9.78. The quantitative estimate of drug-likeness (QED) is 0.128. The van der Waals surface area contributed by atoms with Crippen LogP contribution in [0.3, 0.4) is 0 Å². The van der Waals surface area contributed by atoms with Crippen LogP contribution in [0.4, 0.5) is 0 Å². The van der Waals surface area contributed by atoms with E-state index in [9.17, 15) is 39.3 Å². The Morgan fingerprint density at radius 2 is 1.63 bits per heavy atom. The number of carbonyl (C=O) groups excluding carboxylic acids is 5. The van der Waals surface area contributed by atoms with Crippen LogP contribution in [0.1, 0.15) is 139 Å². The average Bonchev–Trinajstić information content (AvgIpc) is 3.29. The third-order valence-electron chi connectivity index (χ3n) is 15.0. The summed E-state index contributed by atoms with van der Waals surface area (Å²) < 4.78 is 23.7. The molecule has 2 saturated heterocycles. The van der Waals surface area contributed by atoms with Crippen LogP contribution in [-0.2, 0) is 42.9 Å². The van der Waals surface area contributed by atoms with Gasteiger partial charge < -0.3 is 39.2 Å². The van der Waals surface area contributed by atoms with Gasteiger partial charge in [0.1, 0.15) is 30.1 Å². The van der Waals surface area contributed by atoms with Gasteiger partial charge >= 0.3 is 5.97 Å². The summed E-state index contributed by atoms with van der Waals surface area (Å²) in [5, 5.41) is 34.0. The third-order valence-corrected chi connectivity index (χ3v) is 15.0. The largest absolute Gasteiger partial charge is 0.460 e. The summed E-state index contributed by atoms with van der Waals surface area (Å²) in [7, 11) is 2.95.